The molecule has 2 heterocycles. The van der Waals surface area contributed by atoms with Crippen molar-refractivity contribution in [2.45, 2.75) is 25.6 Å². The van der Waals surface area contributed by atoms with Crippen LogP contribution in [0.1, 0.15) is 17.7 Å². The van der Waals surface area contributed by atoms with Crippen molar-refractivity contribution in [1.29, 1.82) is 0 Å². The van der Waals surface area contributed by atoms with Gasteiger partial charge < -0.3 is 0 Å². The van der Waals surface area contributed by atoms with E-state index in [4.69, 9.17) is 11.6 Å². The number of nitrogens with zero attached hydrogens (tertiary/aromatic N) is 3. The van der Waals surface area contributed by atoms with Gasteiger partial charge in [-0.3, -0.25) is 9.69 Å². The molecule has 0 N–H and O–H groups in total. The fourth-order valence-electron chi connectivity index (χ4n) is 2.44. The number of carbonyl (C=O) groups is 1. The molecule has 0 bridgehead atoms. The number of hydrogen-bond donors (Lipinski definition) is 0. The van der Waals surface area contributed by atoms with Crippen molar-refractivity contribution in [1.82, 2.24) is 9.78 Å². The molecule has 4 nitrogen and oxygen atoms in total. The van der Waals surface area contributed by atoms with Crippen LogP contribution in [0.4, 0.5) is 5.82 Å². The summed E-state index contributed by atoms with van der Waals surface area (Å²) in [5, 5.41) is 4.37. The first-order valence-electron chi connectivity index (χ1n) is 6.63. The average molecular weight is 290 g/mol. The lowest BCUT2D eigenvalue weighted by molar-refractivity contribution is -0.117. The molecule has 0 spiro atoms. The van der Waals surface area contributed by atoms with Crippen molar-refractivity contribution in [2.24, 2.45) is 0 Å². The van der Waals surface area contributed by atoms with E-state index in [2.05, 4.69) is 5.10 Å². The Labute approximate surface area is 123 Å². The normalized spacial score (nSPS) is 18.9. The zero-order chi connectivity index (χ0) is 14.3. The number of amides is 1. The summed E-state index contributed by atoms with van der Waals surface area (Å²) in [6.07, 6.45) is 0.389. The standard InChI is InChI=1S/C15H16ClN3O/c1-10-3-5-13(6-4-10)19-14(7-11(2)17-19)18-9-12(16)8-15(18)20/h3-7,12H,8-9H2,1-2H3. The van der Waals surface area contributed by atoms with Gasteiger partial charge in [0.2, 0.25) is 5.91 Å². The lowest BCUT2D eigenvalue weighted by Gasteiger charge is -2.17. The summed E-state index contributed by atoms with van der Waals surface area (Å²) in [4.78, 5) is 13.8. The number of halogens is 1. The molecule has 1 unspecified atom stereocenters. The van der Waals surface area contributed by atoms with Gasteiger partial charge in [0.25, 0.3) is 0 Å². The Hall–Kier alpha value is -1.81. The van der Waals surface area contributed by atoms with Gasteiger partial charge in [0.1, 0.15) is 5.82 Å². The van der Waals surface area contributed by atoms with E-state index in [1.165, 1.54) is 5.56 Å². The molecule has 0 radical (unpaired) electrons. The molecule has 1 saturated heterocycles. The van der Waals surface area contributed by atoms with Gasteiger partial charge in [0, 0.05) is 19.0 Å². The zero-order valence-corrected chi connectivity index (χ0v) is 12.3. The van der Waals surface area contributed by atoms with Gasteiger partial charge in [-0.2, -0.15) is 5.10 Å². The minimum Gasteiger partial charge on any atom is -0.295 e. The largest absolute Gasteiger partial charge is 0.295 e. The monoisotopic (exact) mass is 289 g/mol. The number of rotatable bonds is 2. The average Bonchev–Trinajstić information content (AvgIpc) is 2.93. The third kappa shape index (κ3) is 2.31. The summed E-state index contributed by atoms with van der Waals surface area (Å²) < 4.78 is 1.81. The van der Waals surface area contributed by atoms with Gasteiger partial charge in [-0.15, -0.1) is 11.6 Å². The predicted octanol–water partition coefficient (Wildman–Crippen LogP) is 2.83. The number of benzene rings is 1. The molecule has 3 rings (SSSR count). The number of aryl methyl sites for hydroxylation is 2. The van der Waals surface area contributed by atoms with E-state index < -0.39 is 0 Å². The lowest BCUT2D eigenvalue weighted by atomic mass is 10.2. The van der Waals surface area contributed by atoms with E-state index in [9.17, 15) is 4.79 Å². The molecule has 1 aromatic carbocycles. The first kappa shape index (κ1) is 13.2. The van der Waals surface area contributed by atoms with Crippen LogP contribution in [0.5, 0.6) is 0 Å². The molecule has 1 aromatic heterocycles. The predicted molar refractivity (Wildman–Crippen MR) is 79.6 cm³/mol. The van der Waals surface area contributed by atoms with Crippen LogP contribution in [0.3, 0.4) is 0 Å². The second-order valence-electron chi connectivity index (χ2n) is 5.20. The topological polar surface area (TPSA) is 38.1 Å². The van der Waals surface area contributed by atoms with Gasteiger partial charge in [0.15, 0.2) is 0 Å². The van der Waals surface area contributed by atoms with Gasteiger partial charge in [0.05, 0.1) is 16.8 Å². The van der Waals surface area contributed by atoms with Crippen molar-refractivity contribution in [3.8, 4) is 5.69 Å². The van der Waals surface area contributed by atoms with Crippen molar-refractivity contribution in [3.05, 3.63) is 41.6 Å². The minimum absolute atomic E-state index is 0.0539. The smallest absolute Gasteiger partial charge is 0.229 e. The third-order valence-electron chi connectivity index (χ3n) is 3.45. The molecule has 1 fully saturated rings. The maximum atomic E-state index is 12.0. The number of alkyl halides is 1. The van der Waals surface area contributed by atoms with Gasteiger partial charge in [-0.1, -0.05) is 17.7 Å². The quantitative estimate of drug-likeness (QED) is 0.797. The van der Waals surface area contributed by atoms with Crippen molar-refractivity contribution < 1.29 is 4.79 Å². The molecule has 1 aliphatic heterocycles. The highest BCUT2D eigenvalue weighted by atomic mass is 35.5. The summed E-state index contributed by atoms with van der Waals surface area (Å²) in [5.41, 5.74) is 3.02. The fourth-order valence-corrected chi connectivity index (χ4v) is 2.71. The van der Waals surface area contributed by atoms with Crippen molar-refractivity contribution >= 4 is 23.3 Å². The Kier molecular flexibility index (Phi) is 3.26. The maximum absolute atomic E-state index is 12.0. The molecule has 5 heteroatoms. The van der Waals surface area contributed by atoms with E-state index in [0.29, 0.717) is 13.0 Å². The van der Waals surface area contributed by atoms with Crippen LogP contribution in [-0.2, 0) is 4.79 Å². The minimum atomic E-state index is -0.121. The van der Waals surface area contributed by atoms with E-state index in [1.807, 2.05) is 48.9 Å². The molecule has 20 heavy (non-hydrogen) atoms. The highest BCUT2D eigenvalue weighted by molar-refractivity contribution is 6.24. The molecule has 104 valence electrons. The highest BCUT2D eigenvalue weighted by Crippen LogP contribution is 2.27. The van der Waals surface area contributed by atoms with Crippen molar-refractivity contribution in [2.75, 3.05) is 11.4 Å². The summed E-state index contributed by atoms with van der Waals surface area (Å²) in [5.74, 6) is 0.845. The van der Waals surface area contributed by atoms with Crippen LogP contribution in [0, 0.1) is 13.8 Å². The molecule has 1 amide bonds. The molecular weight excluding hydrogens is 274 g/mol. The van der Waals surface area contributed by atoms with Crippen LogP contribution in [0.25, 0.3) is 5.69 Å². The van der Waals surface area contributed by atoms with Crippen LogP contribution < -0.4 is 4.90 Å². The number of carbonyl (C=O) groups excluding carboxylic acids is 1. The molecule has 1 aliphatic rings. The van der Waals surface area contributed by atoms with Crippen LogP contribution in [-0.4, -0.2) is 27.6 Å². The van der Waals surface area contributed by atoms with Gasteiger partial charge in [-0.05, 0) is 26.0 Å². The summed E-state index contributed by atoms with van der Waals surface area (Å²) >= 11 is 6.09. The SMILES string of the molecule is Cc1ccc(-n2nc(C)cc2N2CC(Cl)CC2=O)cc1. The summed E-state index contributed by atoms with van der Waals surface area (Å²) in [6.45, 7) is 4.51. The van der Waals surface area contributed by atoms with Crippen LogP contribution in [0.2, 0.25) is 0 Å². The second kappa shape index (κ2) is 4.94. The molecule has 0 aliphatic carbocycles. The number of hydrogen-bond acceptors (Lipinski definition) is 2. The number of aromatic nitrogens is 2. The van der Waals surface area contributed by atoms with Crippen molar-refractivity contribution in [3.63, 3.8) is 0 Å². The van der Waals surface area contributed by atoms with Crippen LogP contribution in [0.15, 0.2) is 30.3 Å². The molecular formula is C15H16ClN3O. The fraction of sp³-hybridized carbons (Fsp3) is 0.333. The third-order valence-corrected chi connectivity index (χ3v) is 3.74. The maximum Gasteiger partial charge on any atom is 0.229 e. The van der Waals surface area contributed by atoms with E-state index in [0.717, 1.165) is 17.2 Å². The van der Waals surface area contributed by atoms with E-state index in [1.54, 1.807) is 4.90 Å². The first-order chi connectivity index (χ1) is 9.54. The summed E-state index contributed by atoms with van der Waals surface area (Å²) in [6, 6.07) is 10.00. The molecule has 1 atom stereocenters. The second-order valence-corrected chi connectivity index (χ2v) is 5.81. The van der Waals surface area contributed by atoms with E-state index in [-0.39, 0.29) is 11.3 Å². The van der Waals surface area contributed by atoms with Gasteiger partial charge in [-0.25, -0.2) is 4.68 Å². The highest BCUT2D eigenvalue weighted by Gasteiger charge is 2.31. The Morgan fingerprint density at radius 2 is 1.95 bits per heavy atom. The Morgan fingerprint density at radius 1 is 1.25 bits per heavy atom. The Balaban J connectivity index is 2.04. The molecule has 2 aromatic rings. The van der Waals surface area contributed by atoms with E-state index >= 15 is 0 Å². The Morgan fingerprint density at radius 3 is 2.55 bits per heavy atom. The zero-order valence-electron chi connectivity index (χ0n) is 11.5. The molecule has 0 saturated carbocycles. The van der Waals surface area contributed by atoms with Crippen LogP contribution >= 0.6 is 11.6 Å². The summed E-state index contributed by atoms with van der Waals surface area (Å²) in [7, 11) is 0. The van der Waals surface area contributed by atoms with Gasteiger partial charge >= 0.3 is 0 Å². The number of anilines is 1. The lowest BCUT2D eigenvalue weighted by Crippen LogP contribution is -2.27. The first-order valence-corrected chi connectivity index (χ1v) is 7.06. The Bertz CT molecular complexity index is 648.